The summed E-state index contributed by atoms with van der Waals surface area (Å²) in [6.45, 7) is 1.77. The number of ether oxygens (including phenoxy) is 1. The number of methoxy groups -OCH3 is 1. The summed E-state index contributed by atoms with van der Waals surface area (Å²) in [5, 5.41) is 18.8. The molecule has 0 aliphatic heterocycles. The molecule has 1 atom stereocenters. The summed E-state index contributed by atoms with van der Waals surface area (Å²) >= 11 is 0. The molecule has 1 heterocycles. The number of benzene rings is 1. The number of aliphatic hydroxyl groups excluding tert-OH is 1. The summed E-state index contributed by atoms with van der Waals surface area (Å²) in [5.74, 6) is 1.48. The molecule has 0 aliphatic rings. The van der Waals surface area contributed by atoms with Crippen molar-refractivity contribution in [2.45, 2.75) is 13.0 Å². The molecule has 0 saturated carbocycles. The smallest absolute Gasteiger partial charge is 0.320 e. The number of nitrogens with zero attached hydrogens (tertiary/aromatic N) is 1. The Bertz CT molecular complexity index is 612. The first kappa shape index (κ1) is 14.9. The summed E-state index contributed by atoms with van der Waals surface area (Å²) in [5.41, 5.74) is 0.609. The molecule has 0 bridgehead atoms. The second-order valence-corrected chi connectivity index (χ2v) is 4.42. The van der Waals surface area contributed by atoms with Gasteiger partial charge in [0.05, 0.1) is 13.2 Å². The molecule has 7 nitrogen and oxygen atoms in total. The highest BCUT2D eigenvalue weighted by atomic mass is 16.5. The number of aromatic nitrogens is 1. The number of carbonyl (C=O) groups excluding carboxylic acids is 1. The summed E-state index contributed by atoms with van der Waals surface area (Å²) in [7, 11) is 1.53. The third-order valence-electron chi connectivity index (χ3n) is 2.82. The van der Waals surface area contributed by atoms with Crippen LogP contribution in [-0.4, -0.2) is 29.9 Å². The molecule has 0 fully saturated rings. The van der Waals surface area contributed by atoms with Crippen LogP contribution in [0.25, 0.3) is 0 Å². The summed E-state index contributed by atoms with van der Waals surface area (Å²) in [6, 6.07) is 8.20. The number of nitrogens with one attached hydrogen (secondary N) is 2. The summed E-state index contributed by atoms with van der Waals surface area (Å²) in [6.07, 6.45) is -0.869. The summed E-state index contributed by atoms with van der Waals surface area (Å²) in [4.78, 5) is 11.7. The number of aryl methyl sites for hydroxylation is 1. The van der Waals surface area contributed by atoms with Crippen LogP contribution in [0.5, 0.6) is 5.75 Å². The van der Waals surface area contributed by atoms with Crippen molar-refractivity contribution in [1.82, 2.24) is 10.5 Å². The van der Waals surface area contributed by atoms with E-state index in [0.717, 1.165) is 0 Å². The zero-order valence-corrected chi connectivity index (χ0v) is 11.8. The molecule has 0 aliphatic carbocycles. The molecular formula is C14H17N3O4. The van der Waals surface area contributed by atoms with Gasteiger partial charge in [-0.1, -0.05) is 23.4 Å². The number of para-hydroxylation sites is 1. The maximum absolute atomic E-state index is 11.7. The minimum absolute atomic E-state index is 0.0447. The molecule has 2 aromatic rings. The molecule has 0 unspecified atom stereocenters. The molecule has 1 aromatic heterocycles. The molecule has 112 valence electrons. The van der Waals surface area contributed by atoms with Gasteiger partial charge in [-0.3, -0.25) is 5.32 Å². The first-order valence-corrected chi connectivity index (χ1v) is 6.39. The highest BCUT2D eigenvalue weighted by molar-refractivity contribution is 5.88. The Morgan fingerprint density at radius 1 is 1.48 bits per heavy atom. The molecule has 1 aromatic carbocycles. The van der Waals surface area contributed by atoms with Crippen LogP contribution in [0.4, 0.5) is 10.6 Å². The third kappa shape index (κ3) is 3.96. The van der Waals surface area contributed by atoms with Crippen LogP contribution in [0.3, 0.4) is 0 Å². The van der Waals surface area contributed by atoms with Gasteiger partial charge in [0.2, 0.25) is 0 Å². The van der Waals surface area contributed by atoms with Crippen LogP contribution < -0.4 is 15.4 Å². The van der Waals surface area contributed by atoms with Crippen molar-refractivity contribution >= 4 is 11.8 Å². The summed E-state index contributed by atoms with van der Waals surface area (Å²) < 4.78 is 9.99. The Hall–Kier alpha value is -2.54. The number of anilines is 1. The van der Waals surface area contributed by atoms with Gasteiger partial charge in [0.15, 0.2) is 5.82 Å². The fourth-order valence-electron chi connectivity index (χ4n) is 1.83. The Morgan fingerprint density at radius 3 is 2.90 bits per heavy atom. The Labute approximate surface area is 121 Å². The number of amides is 2. The molecule has 2 amide bonds. The van der Waals surface area contributed by atoms with E-state index >= 15 is 0 Å². The lowest BCUT2D eigenvalue weighted by molar-refractivity contribution is 0.171. The van der Waals surface area contributed by atoms with E-state index in [2.05, 4.69) is 15.8 Å². The van der Waals surface area contributed by atoms with E-state index in [1.807, 2.05) is 6.07 Å². The predicted octanol–water partition coefficient (Wildman–Crippen LogP) is 1.85. The van der Waals surface area contributed by atoms with Gasteiger partial charge in [-0.05, 0) is 13.0 Å². The topological polar surface area (TPSA) is 96.6 Å². The van der Waals surface area contributed by atoms with Gasteiger partial charge in [0.25, 0.3) is 0 Å². The van der Waals surface area contributed by atoms with Gasteiger partial charge in [-0.15, -0.1) is 0 Å². The zero-order chi connectivity index (χ0) is 15.2. The lowest BCUT2D eigenvalue weighted by Gasteiger charge is -2.15. The maximum Gasteiger partial charge on any atom is 0.320 e. The number of urea groups is 1. The minimum Gasteiger partial charge on any atom is -0.496 e. The van der Waals surface area contributed by atoms with Crippen molar-refractivity contribution in [3.8, 4) is 5.75 Å². The molecule has 3 N–H and O–H groups in total. The number of carbonyl (C=O) groups is 1. The van der Waals surface area contributed by atoms with Crippen LogP contribution in [0.2, 0.25) is 0 Å². The average Bonchev–Trinajstić information content (AvgIpc) is 2.89. The number of hydrogen-bond acceptors (Lipinski definition) is 5. The second-order valence-electron chi connectivity index (χ2n) is 4.42. The van der Waals surface area contributed by atoms with E-state index in [9.17, 15) is 9.90 Å². The van der Waals surface area contributed by atoms with E-state index < -0.39 is 12.1 Å². The SMILES string of the molecule is COc1ccccc1[C@@H](O)CNC(=O)Nc1cc(C)on1. The molecule has 0 radical (unpaired) electrons. The maximum atomic E-state index is 11.7. The van der Waals surface area contributed by atoms with Gasteiger partial charge in [-0.2, -0.15) is 0 Å². The van der Waals surface area contributed by atoms with Crippen molar-refractivity contribution in [3.63, 3.8) is 0 Å². The molecule has 21 heavy (non-hydrogen) atoms. The third-order valence-corrected chi connectivity index (χ3v) is 2.82. The van der Waals surface area contributed by atoms with Crippen LogP contribution in [-0.2, 0) is 0 Å². The fraction of sp³-hybridized carbons (Fsp3) is 0.286. The monoisotopic (exact) mass is 291 g/mol. The lowest BCUT2D eigenvalue weighted by Crippen LogP contribution is -2.32. The Balaban J connectivity index is 1.88. The van der Waals surface area contributed by atoms with Gasteiger partial charge < -0.3 is 19.7 Å². The van der Waals surface area contributed by atoms with Crippen molar-refractivity contribution in [1.29, 1.82) is 0 Å². The normalized spacial score (nSPS) is 11.8. The van der Waals surface area contributed by atoms with Crippen LogP contribution in [0, 0.1) is 6.92 Å². The van der Waals surface area contributed by atoms with Gasteiger partial charge in [-0.25, -0.2) is 4.79 Å². The van der Waals surface area contributed by atoms with E-state index in [1.165, 1.54) is 7.11 Å². The standard InChI is InChI=1S/C14H17N3O4/c1-9-7-13(17-21-9)16-14(19)15-8-11(18)10-5-3-4-6-12(10)20-2/h3-7,11,18H,8H2,1-2H3,(H2,15,16,17,19)/t11-/m0/s1. The largest absolute Gasteiger partial charge is 0.496 e. The number of hydrogen-bond donors (Lipinski definition) is 3. The first-order valence-electron chi connectivity index (χ1n) is 6.39. The van der Waals surface area contributed by atoms with Gasteiger partial charge in [0, 0.05) is 18.2 Å². The van der Waals surface area contributed by atoms with Crippen molar-refractivity contribution in [3.05, 3.63) is 41.7 Å². The van der Waals surface area contributed by atoms with E-state index in [1.54, 1.807) is 31.2 Å². The van der Waals surface area contributed by atoms with Crippen LogP contribution in [0.15, 0.2) is 34.9 Å². The molecule has 2 rings (SSSR count). The van der Waals surface area contributed by atoms with E-state index in [4.69, 9.17) is 9.26 Å². The Kier molecular flexibility index (Phi) is 4.78. The lowest BCUT2D eigenvalue weighted by atomic mass is 10.1. The highest BCUT2D eigenvalue weighted by Gasteiger charge is 2.14. The molecular weight excluding hydrogens is 274 g/mol. The Morgan fingerprint density at radius 2 is 2.24 bits per heavy atom. The zero-order valence-electron chi connectivity index (χ0n) is 11.8. The van der Waals surface area contributed by atoms with Crippen molar-refractivity contribution in [2.24, 2.45) is 0 Å². The molecule has 0 saturated heterocycles. The molecule has 0 spiro atoms. The second kappa shape index (κ2) is 6.76. The van der Waals surface area contributed by atoms with Crippen molar-refractivity contribution < 1.29 is 19.2 Å². The fourth-order valence-corrected chi connectivity index (χ4v) is 1.83. The first-order chi connectivity index (χ1) is 10.1. The van der Waals surface area contributed by atoms with Crippen LogP contribution in [0.1, 0.15) is 17.4 Å². The quantitative estimate of drug-likeness (QED) is 0.781. The van der Waals surface area contributed by atoms with Crippen molar-refractivity contribution in [2.75, 3.05) is 19.0 Å². The predicted molar refractivity (Wildman–Crippen MR) is 76.2 cm³/mol. The van der Waals surface area contributed by atoms with Crippen LogP contribution >= 0.6 is 0 Å². The van der Waals surface area contributed by atoms with E-state index in [-0.39, 0.29) is 6.54 Å². The highest BCUT2D eigenvalue weighted by Crippen LogP contribution is 2.23. The number of aliphatic hydroxyl groups is 1. The van der Waals surface area contributed by atoms with Gasteiger partial charge in [0.1, 0.15) is 11.5 Å². The van der Waals surface area contributed by atoms with E-state index in [0.29, 0.717) is 22.9 Å². The van der Waals surface area contributed by atoms with Gasteiger partial charge >= 0.3 is 6.03 Å². The minimum atomic E-state index is -0.869. The number of rotatable bonds is 5. The molecule has 7 heteroatoms. The average molecular weight is 291 g/mol.